The number of hydrogen-bond acceptors (Lipinski definition) is 6. The third kappa shape index (κ3) is 3.80. The van der Waals surface area contributed by atoms with Gasteiger partial charge in [-0.1, -0.05) is 47.1 Å². The number of para-hydroxylation sites is 1. The van der Waals surface area contributed by atoms with Crippen LogP contribution in [0.3, 0.4) is 0 Å². The van der Waals surface area contributed by atoms with Crippen molar-refractivity contribution in [3.63, 3.8) is 0 Å². The average Bonchev–Trinajstić information content (AvgIpc) is 3.11. The lowest BCUT2D eigenvalue weighted by Crippen LogP contribution is -2.18. The van der Waals surface area contributed by atoms with Crippen LogP contribution < -0.4 is 0 Å². The minimum Gasteiger partial charge on any atom is -0.506 e. The summed E-state index contributed by atoms with van der Waals surface area (Å²) in [5.41, 5.74) is 3.58. The predicted molar refractivity (Wildman–Crippen MR) is 103 cm³/mol. The number of fused-ring (bicyclic) bond motifs is 1. The van der Waals surface area contributed by atoms with Crippen LogP contribution in [0.15, 0.2) is 59.1 Å². The van der Waals surface area contributed by atoms with Crippen LogP contribution in [0.25, 0.3) is 22.3 Å². The van der Waals surface area contributed by atoms with E-state index in [1.54, 1.807) is 6.07 Å². The summed E-state index contributed by atoms with van der Waals surface area (Å²) in [4.78, 5) is 11.1. The summed E-state index contributed by atoms with van der Waals surface area (Å²) in [6, 6.07) is 17.3. The van der Waals surface area contributed by atoms with Crippen LogP contribution in [-0.2, 0) is 13.1 Å². The number of benzene rings is 2. The Bertz CT molecular complexity index is 1090. The molecule has 4 rings (SSSR count). The molecule has 6 heteroatoms. The Morgan fingerprint density at radius 1 is 1.00 bits per heavy atom. The van der Waals surface area contributed by atoms with Crippen LogP contribution >= 0.6 is 0 Å². The molecule has 0 aliphatic carbocycles. The number of nitrogens with zero attached hydrogens (tertiary/aromatic N) is 4. The Morgan fingerprint density at radius 3 is 2.70 bits per heavy atom. The number of phenols is 1. The quantitative estimate of drug-likeness (QED) is 0.581. The van der Waals surface area contributed by atoms with E-state index < -0.39 is 0 Å². The minimum absolute atomic E-state index is 0.191. The Hall–Kier alpha value is -3.25. The highest BCUT2D eigenvalue weighted by atomic mass is 16.5. The zero-order valence-corrected chi connectivity index (χ0v) is 15.3. The normalized spacial score (nSPS) is 11.4. The van der Waals surface area contributed by atoms with Gasteiger partial charge in [-0.3, -0.25) is 4.90 Å². The number of aryl methyl sites for hydroxylation is 1. The second-order valence-electron chi connectivity index (χ2n) is 6.70. The van der Waals surface area contributed by atoms with Gasteiger partial charge in [-0.25, -0.2) is 4.98 Å². The maximum Gasteiger partial charge on any atom is 0.241 e. The Kier molecular flexibility index (Phi) is 4.56. The van der Waals surface area contributed by atoms with Gasteiger partial charge < -0.3 is 9.63 Å². The van der Waals surface area contributed by atoms with E-state index in [-0.39, 0.29) is 5.75 Å². The van der Waals surface area contributed by atoms with Crippen LogP contribution in [0, 0.1) is 6.92 Å². The number of phenolic OH excluding ortho intramolecular Hbond substituents is 1. The largest absolute Gasteiger partial charge is 0.506 e. The van der Waals surface area contributed by atoms with Crippen LogP contribution in [0.4, 0.5) is 0 Å². The molecule has 0 spiro atoms. The molecule has 0 fully saturated rings. The van der Waals surface area contributed by atoms with Crippen molar-refractivity contribution in [3.05, 3.63) is 71.7 Å². The number of hydrogen-bond donors (Lipinski definition) is 1. The molecule has 136 valence electrons. The molecule has 2 aromatic carbocycles. The van der Waals surface area contributed by atoms with Crippen molar-refractivity contribution in [1.29, 1.82) is 0 Å². The van der Waals surface area contributed by atoms with Gasteiger partial charge in [0, 0.05) is 17.5 Å². The van der Waals surface area contributed by atoms with Crippen molar-refractivity contribution >= 4 is 10.9 Å². The fourth-order valence-electron chi connectivity index (χ4n) is 3.04. The first kappa shape index (κ1) is 17.2. The molecule has 27 heavy (non-hydrogen) atoms. The lowest BCUT2D eigenvalue weighted by Gasteiger charge is -2.14. The summed E-state index contributed by atoms with van der Waals surface area (Å²) >= 11 is 0. The second-order valence-corrected chi connectivity index (χ2v) is 6.70. The third-order valence-electron chi connectivity index (χ3n) is 4.34. The Labute approximate surface area is 157 Å². The second kappa shape index (κ2) is 7.17. The van der Waals surface area contributed by atoms with E-state index in [0.717, 1.165) is 22.2 Å². The zero-order valence-electron chi connectivity index (χ0n) is 15.3. The van der Waals surface area contributed by atoms with Gasteiger partial charge in [0.15, 0.2) is 0 Å². The average molecular weight is 360 g/mol. The van der Waals surface area contributed by atoms with Crippen molar-refractivity contribution in [2.45, 2.75) is 20.0 Å². The summed E-state index contributed by atoms with van der Waals surface area (Å²) < 4.78 is 5.39. The molecule has 4 aromatic rings. The smallest absolute Gasteiger partial charge is 0.241 e. The summed E-state index contributed by atoms with van der Waals surface area (Å²) in [5.74, 6) is 1.34. The molecule has 0 unspecified atom stereocenters. The molecular formula is C21H20N4O2. The topological polar surface area (TPSA) is 75.3 Å². The molecule has 2 heterocycles. The van der Waals surface area contributed by atoms with Gasteiger partial charge in [0.25, 0.3) is 0 Å². The zero-order chi connectivity index (χ0) is 18.8. The molecule has 6 nitrogen and oxygen atoms in total. The van der Waals surface area contributed by atoms with Crippen LogP contribution in [0.5, 0.6) is 5.75 Å². The third-order valence-corrected chi connectivity index (χ3v) is 4.34. The Morgan fingerprint density at radius 2 is 1.85 bits per heavy atom. The molecule has 0 bridgehead atoms. The molecule has 0 amide bonds. The summed E-state index contributed by atoms with van der Waals surface area (Å²) in [7, 11) is 1.97. The lowest BCUT2D eigenvalue weighted by atomic mass is 10.1. The van der Waals surface area contributed by atoms with Gasteiger partial charge in [-0.05, 0) is 32.2 Å². The van der Waals surface area contributed by atoms with Crippen LogP contribution in [0.2, 0.25) is 0 Å². The van der Waals surface area contributed by atoms with Crippen molar-refractivity contribution in [2.75, 3.05) is 7.05 Å². The van der Waals surface area contributed by atoms with Crippen LogP contribution in [-0.4, -0.2) is 32.2 Å². The van der Waals surface area contributed by atoms with Crippen LogP contribution in [0.1, 0.15) is 17.1 Å². The van der Waals surface area contributed by atoms with E-state index >= 15 is 0 Å². The number of rotatable bonds is 5. The first-order chi connectivity index (χ1) is 13.1. The van der Waals surface area contributed by atoms with Gasteiger partial charge in [0.1, 0.15) is 11.3 Å². The van der Waals surface area contributed by atoms with Gasteiger partial charge >= 0.3 is 0 Å². The fraction of sp³-hybridized carbons (Fsp3) is 0.190. The monoisotopic (exact) mass is 360 g/mol. The summed E-state index contributed by atoms with van der Waals surface area (Å²) in [6.45, 7) is 3.15. The van der Waals surface area contributed by atoms with Crippen molar-refractivity contribution in [1.82, 2.24) is 20.0 Å². The summed E-state index contributed by atoms with van der Waals surface area (Å²) in [6.07, 6.45) is 0. The predicted octanol–water partition coefficient (Wildman–Crippen LogP) is 3.93. The fourth-order valence-corrected chi connectivity index (χ4v) is 3.04. The first-order valence-corrected chi connectivity index (χ1v) is 8.74. The number of aromatic nitrogens is 3. The van der Waals surface area contributed by atoms with E-state index in [0.29, 0.717) is 30.3 Å². The molecule has 2 aromatic heterocycles. The van der Waals surface area contributed by atoms with Gasteiger partial charge in [-0.15, -0.1) is 0 Å². The van der Waals surface area contributed by atoms with Crippen molar-refractivity contribution in [3.8, 4) is 17.1 Å². The van der Waals surface area contributed by atoms with Gasteiger partial charge in [0.05, 0.1) is 12.2 Å². The molecule has 0 atom stereocenters. The maximum atomic E-state index is 9.99. The van der Waals surface area contributed by atoms with E-state index in [2.05, 4.69) is 15.1 Å². The van der Waals surface area contributed by atoms with Crippen molar-refractivity contribution in [2.24, 2.45) is 0 Å². The van der Waals surface area contributed by atoms with Crippen molar-refractivity contribution < 1.29 is 9.63 Å². The number of aromatic hydroxyl groups is 1. The highest BCUT2D eigenvalue weighted by Gasteiger charge is 2.12. The van der Waals surface area contributed by atoms with E-state index in [1.807, 2.05) is 67.4 Å². The number of pyridine rings is 1. The molecule has 0 radical (unpaired) electrons. The highest BCUT2D eigenvalue weighted by molar-refractivity contribution is 5.84. The Balaban J connectivity index is 1.47. The first-order valence-electron chi connectivity index (χ1n) is 8.74. The van der Waals surface area contributed by atoms with Gasteiger partial charge in [0.2, 0.25) is 11.7 Å². The van der Waals surface area contributed by atoms with Gasteiger partial charge in [-0.2, -0.15) is 4.98 Å². The van der Waals surface area contributed by atoms with E-state index in [4.69, 9.17) is 4.52 Å². The van der Waals surface area contributed by atoms with E-state index in [9.17, 15) is 5.11 Å². The SMILES string of the molecule is Cc1cccc(-c2noc(CN(C)Cc3ccc4cccc(O)c4n3)n2)c1. The standard InChI is InChI=1S/C21H20N4O2/c1-14-5-3-7-16(11-14)21-23-19(27-24-21)13-25(2)12-17-10-9-15-6-4-8-18(26)20(15)22-17/h3-11,26H,12-13H2,1-2H3. The molecule has 0 aliphatic heterocycles. The minimum atomic E-state index is 0.191. The lowest BCUT2D eigenvalue weighted by molar-refractivity contribution is 0.259. The highest BCUT2D eigenvalue weighted by Crippen LogP contribution is 2.23. The van der Waals surface area contributed by atoms with E-state index in [1.165, 1.54) is 0 Å². The molecule has 0 aliphatic rings. The molecule has 0 saturated carbocycles. The maximum absolute atomic E-state index is 9.99. The molecule has 1 N–H and O–H groups in total. The molecule has 0 saturated heterocycles. The molecular weight excluding hydrogens is 340 g/mol. The summed E-state index contributed by atoms with van der Waals surface area (Å²) in [5, 5.41) is 15.0.